The molecule has 0 saturated carbocycles. The van der Waals surface area contributed by atoms with E-state index in [4.69, 9.17) is 9.90 Å². The predicted molar refractivity (Wildman–Crippen MR) is 75.7 cm³/mol. The maximum atomic E-state index is 8.67. The van der Waals surface area contributed by atoms with Crippen LogP contribution in [0.4, 0.5) is 4.79 Å². The summed E-state index contributed by atoms with van der Waals surface area (Å²) in [5, 5.41) is 10.9. The third-order valence-electron chi connectivity index (χ3n) is 2.55. The topological polar surface area (TPSA) is 66.2 Å². The van der Waals surface area contributed by atoms with Crippen molar-refractivity contribution in [3.8, 4) is 0 Å². The molecule has 1 rings (SSSR count). The first-order chi connectivity index (χ1) is 8.06. The summed E-state index contributed by atoms with van der Waals surface area (Å²) < 4.78 is 0.497. The van der Waals surface area contributed by atoms with E-state index < -0.39 is 6.09 Å². The van der Waals surface area contributed by atoms with Crippen LogP contribution >= 0.6 is 21.6 Å². The minimum Gasteiger partial charge on any atom is -0.530 e. The van der Waals surface area contributed by atoms with Gasteiger partial charge in [-0.3, -0.25) is 0 Å². The number of carboxylic acid groups (broad SMARTS) is 1. The van der Waals surface area contributed by atoms with E-state index in [-0.39, 0.29) is 19.5 Å². The number of primary amides is 1. The monoisotopic (exact) mass is 340 g/mol. The van der Waals surface area contributed by atoms with Crippen molar-refractivity contribution >= 4 is 27.7 Å². The molecule has 6 heteroatoms. The van der Waals surface area contributed by atoms with Crippen LogP contribution < -0.4 is 10.8 Å². The maximum absolute atomic E-state index is 8.67. The van der Waals surface area contributed by atoms with Crippen molar-refractivity contribution in [2.75, 3.05) is 0 Å². The Morgan fingerprint density at radius 1 is 1.28 bits per heavy atom. The van der Waals surface area contributed by atoms with E-state index in [1.165, 1.54) is 38.5 Å². The molecule has 0 spiro atoms. The Morgan fingerprint density at radius 2 is 1.72 bits per heavy atom. The number of unbranched alkanes of at least 4 members (excludes halogenated alkanes) is 2. The normalized spacial score (nSPS) is 15.4. The average Bonchev–Trinajstić information content (AvgIpc) is 2.72. The summed E-state index contributed by atoms with van der Waals surface area (Å²) in [6, 6.07) is 0. The van der Waals surface area contributed by atoms with E-state index in [2.05, 4.69) is 41.9 Å². The second kappa shape index (κ2) is 12.4. The zero-order valence-electron chi connectivity index (χ0n) is 11.3. The predicted octanol–water partition coefficient (Wildman–Crippen LogP) is 3.30. The van der Waals surface area contributed by atoms with Gasteiger partial charge in [-0.2, -0.15) is 0 Å². The maximum Gasteiger partial charge on any atom is 2.00 e. The number of rotatable bonds is 6. The third kappa shape index (κ3) is 10.3. The van der Waals surface area contributed by atoms with Gasteiger partial charge in [0.15, 0.2) is 0 Å². The van der Waals surface area contributed by atoms with Crippen molar-refractivity contribution in [2.24, 2.45) is 5.73 Å². The molecule has 0 radical (unpaired) electrons. The largest absolute Gasteiger partial charge is 2.00 e. The molecule has 3 nitrogen and oxygen atoms in total. The molecule has 1 aliphatic rings. The van der Waals surface area contributed by atoms with Crippen molar-refractivity contribution in [2.45, 2.75) is 57.1 Å². The molecule has 18 heavy (non-hydrogen) atoms. The van der Waals surface area contributed by atoms with Crippen molar-refractivity contribution in [3.05, 3.63) is 11.5 Å². The smallest absolute Gasteiger partial charge is 0.530 e. The van der Waals surface area contributed by atoms with Gasteiger partial charge in [-0.15, -0.1) is 0 Å². The van der Waals surface area contributed by atoms with Crippen molar-refractivity contribution in [3.63, 3.8) is 0 Å². The Morgan fingerprint density at radius 3 is 2.00 bits per heavy atom. The van der Waals surface area contributed by atoms with Crippen LogP contribution in [0.25, 0.3) is 0 Å². The number of hydrogen-bond donors (Lipinski definition) is 1. The molecule has 1 aliphatic heterocycles. The second-order valence-corrected chi connectivity index (χ2v) is 6.59. The summed E-state index contributed by atoms with van der Waals surface area (Å²) in [5.74, 6) is 0. The van der Waals surface area contributed by atoms with Crippen LogP contribution in [0.2, 0.25) is 0 Å². The second-order valence-electron chi connectivity index (χ2n) is 4.07. The average molecular weight is 342 g/mol. The van der Waals surface area contributed by atoms with Gasteiger partial charge in [-0.1, -0.05) is 67.2 Å². The van der Waals surface area contributed by atoms with Crippen LogP contribution in [0.1, 0.15) is 52.4 Å². The first-order valence-electron chi connectivity index (χ1n) is 6.05. The molecule has 0 atom stereocenters. The Hall–Kier alpha value is 0.333. The van der Waals surface area contributed by atoms with Crippen LogP contribution in [-0.4, -0.2) is 10.8 Å². The molecule has 0 unspecified atom stereocenters. The minimum atomic E-state index is -1.58. The fourth-order valence-electron chi connectivity index (χ4n) is 1.63. The summed E-state index contributed by atoms with van der Waals surface area (Å²) in [4.78, 5) is 8.67. The van der Waals surface area contributed by atoms with Crippen LogP contribution in [0.5, 0.6) is 0 Å². The van der Waals surface area contributed by atoms with Crippen LogP contribution in [0.15, 0.2) is 11.5 Å². The molecule has 0 bridgehead atoms. The SMILES string of the molecule is CCCCC1(CCCC)C=CSS1.NC(=O)[O-].[Zn+2]. The Bertz CT molecular complexity index is 238. The minimum absolute atomic E-state index is 0. The summed E-state index contributed by atoms with van der Waals surface area (Å²) in [7, 11) is 3.99. The molecule has 0 aromatic carbocycles. The Kier molecular flexibility index (Phi) is 14.2. The van der Waals surface area contributed by atoms with E-state index in [1.807, 2.05) is 10.8 Å². The van der Waals surface area contributed by atoms with E-state index in [0.717, 1.165) is 0 Å². The molecule has 1 heterocycles. The van der Waals surface area contributed by atoms with Gasteiger partial charge in [0.25, 0.3) is 0 Å². The van der Waals surface area contributed by atoms with Gasteiger partial charge < -0.3 is 15.6 Å². The molecule has 0 fully saturated rings. The third-order valence-corrected chi connectivity index (χ3v) is 5.39. The number of carbonyl (C=O) groups excluding carboxylic acids is 1. The molecule has 0 aromatic heterocycles. The van der Waals surface area contributed by atoms with E-state index in [0.29, 0.717) is 4.75 Å². The number of amides is 1. The number of carbonyl (C=O) groups is 1. The van der Waals surface area contributed by atoms with Gasteiger partial charge in [0.05, 0.1) is 0 Å². The van der Waals surface area contributed by atoms with Crippen molar-refractivity contribution < 1.29 is 29.4 Å². The summed E-state index contributed by atoms with van der Waals surface area (Å²) in [5.41, 5.74) is 3.92. The van der Waals surface area contributed by atoms with Crippen LogP contribution in [0, 0.1) is 0 Å². The molecule has 0 aliphatic carbocycles. The van der Waals surface area contributed by atoms with Gasteiger partial charge in [-0.05, 0) is 18.2 Å². The standard InChI is InChI=1S/C11H20S2.CH3NO2.Zn/c1-3-5-7-11(8-6-4-2)9-10-12-13-11;2-1(3)4;/h9-10H,3-8H2,1-2H3;2H2,(H,3,4);/q;;+2/p-1. The Balaban J connectivity index is 0. The first-order valence-corrected chi connectivity index (χ1v) is 8.26. The molecular weight excluding hydrogens is 320 g/mol. The fraction of sp³-hybridized carbons (Fsp3) is 0.750. The van der Waals surface area contributed by atoms with Gasteiger partial charge in [0.2, 0.25) is 0 Å². The van der Waals surface area contributed by atoms with Crippen LogP contribution in [0.3, 0.4) is 0 Å². The van der Waals surface area contributed by atoms with Gasteiger partial charge in [0.1, 0.15) is 6.09 Å². The summed E-state index contributed by atoms with van der Waals surface area (Å²) in [6.07, 6.45) is 9.01. The molecule has 2 N–H and O–H groups in total. The molecule has 100 valence electrons. The Labute approximate surface area is 131 Å². The zero-order valence-corrected chi connectivity index (χ0v) is 15.9. The van der Waals surface area contributed by atoms with E-state index in [1.54, 1.807) is 0 Å². The van der Waals surface area contributed by atoms with Crippen molar-refractivity contribution in [1.29, 1.82) is 0 Å². The fourth-order valence-corrected chi connectivity index (χ4v) is 4.43. The van der Waals surface area contributed by atoms with E-state index in [9.17, 15) is 0 Å². The quantitative estimate of drug-likeness (QED) is 0.594. The van der Waals surface area contributed by atoms with Gasteiger partial charge in [-0.25, -0.2) is 0 Å². The number of hydrogen-bond acceptors (Lipinski definition) is 4. The molecular formula is C12H22NO2S2Zn+. The van der Waals surface area contributed by atoms with Crippen molar-refractivity contribution in [1.82, 2.24) is 0 Å². The van der Waals surface area contributed by atoms with Gasteiger partial charge >= 0.3 is 19.5 Å². The van der Waals surface area contributed by atoms with Crippen LogP contribution in [-0.2, 0) is 19.5 Å². The van der Waals surface area contributed by atoms with E-state index >= 15 is 0 Å². The molecule has 1 amide bonds. The number of nitrogens with two attached hydrogens (primary N) is 1. The molecule has 0 saturated heterocycles. The summed E-state index contributed by atoms with van der Waals surface area (Å²) in [6.45, 7) is 4.56. The summed E-state index contributed by atoms with van der Waals surface area (Å²) >= 11 is 0. The van der Waals surface area contributed by atoms with Gasteiger partial charge in [0, 0.05) is 4.75 Å². The molecule has 0 aromatic rings. The zero-order chi connectivity index (χ0) is 13.1. The first kappa shape index (κ1) is 20.6.